The van der Waals surface area contributed by atoms with Crippen molar-refractivity contribution >= 4 is 6.09 Å². The van der Waals surface area contributed by atoms with Crippen LogP contribution >= 0.6 is 0 Å². The first-order valence-corrected chi connectivity index (χ1v) is 5.25. The fourth-order valence-electron chi connectivity index (χ4n) is 0.843. The van der Waals surface area contributed by atoms with Crippen LogP contribution in [-0.2, 0) is 9.57 Å². The molecular weight excluding hydrogens is 218 g/mol. The minimum absolute atomic E-state index is 0.0385. The van der Waals surface area contributed by atoms with Crippen LogP contribution in [0, 0.1) is 12.3 Å². The first-order valence-electron chi connectivity index (χ1n) is 5.25. The molecule has 0 unspecified atom stereocenters. The summed E-state index contributed by atoms with van der Waals surface area (Å²) in [4.78, 5) is 16.8. The molecule has 0 aromatic rings. The lowest BCUT2D eigenvalue weighted by molar-refractivity contribution is -0.129. The molecule has 0 saturated heterocycles. The van der Waals surface area contributed by atoms with E-state index in [-0.39, 0.29) is 13.2 Å². The summed E-state index contributed by atoms with van der Waals surface area (Å²) >= 11 is 0. The lowest BCUT2D eigenvalue weighted by Crippen LogP contribution is -2.37. The number of nitrogens with zero attached hydrogens (tertiary/aromatic N) is 1. The molecule has 4 heteroatoms. The Labute approximate surface area is 103 Å². The third-order valence-electron chi connectivity index (χ3n) is 1.43. The maximum absolute atomic E-state index is 11.7. The van der Waals surface area contributed by atoms with Crippen molar-refractivity contribution in [1.29, 1.82) is 0 Å². The van der Waals surface area contributed by atoms with E-state index >= 15 is 0 Å². The van der Waals surface area contributed by atoms with E-state index in [1.807, 2.05) is 0 Å². The Hall–Kier alpha value is -1.73. The topological polar surface area (TPSA) is 38.8 Å². The second kappa shape index (κ2) is 7.53. The van der Waals surface area contributed by atoms with Crippen molar-refractivity contribution in [3.05, 3.63) is 24.8 Å². The molecule has 0 bridgehead atoms. The zero-order chi connectivity index (χ0) is 13.3. The molecule has 4 nitrogen and oxygen atoms in total. The van der Waals surface area contributed by atoms with Gasteiger partial charge in [0.2, 0.25) is 0 Å². The van der Waals surface area contributed by atoms with E-state index in [4.69, 9.17) is 16.0 Å². The number of terminal acetylenes is 1. The fourth-order valence-corrected chi connectivity index (χ4v) is 0.843. The SMILES string of the molecule is C#CCN(OC/C=C/C=C)C(=O)OC(C)(C)C. The molecule has 17 heavy (non-hydrogen) atoms. The Bertz CT molecular complexity index is 321. The van der Waals surface area contributed by atoms with E-state index < -0.39 is 11.7 Å². The van der Waals surface area contributed by atoms with Gasteiger partial charge in [-0.05, 0) is 20.8 Å². The number of hydroxylamine groups is 2. The van der Waals surface area contributed by atoms with E-state index in [9.17, 15) is 4.79 Å². The molecule has 0 heterocycles. The number of hydrogen-bond donors (Lipinski definition) is 0. The first kappa shape index (κ1) is 15.3. The molecule has 0 saturated carbocycles. The third kappa shape index (κ3) is 8.12. The Kier molecular flexibility index (Phi) is 6.76. The average Bonchev–Trinajstić information content (AvgIpc) is 2.20. The van der Waals surface area contributed by atoms with Gasteiger partial charge in [-0.3, -0.25) is 4.84 Å². The molecule has 0 aliphatic carbocycles. The van der Waals surface area contributed by atoms with Gasteiger partial charge >= 0.3 is 6.09 Å². The van der Waals surface area contributed by atoms with Crippen molar-refractivity contribution < 1.29 is 14.4 Å². The molecule has 0 fully saturated rings. The van der Waals surface area contributed by atoms with Crippen LogP contribution in [0.25, 0.3) is 0 Å². The van der Waals surface area contributed by atoms with Gasteiger partial charge in [0.05, 0.1) is 6.61 Å². The van der Waals surface area contributed by atoms with Crippen LogP contribution in [0.4, 0.5) is 4.79 Å². The summed E-state index contributed by atoms with van der Waals surface area (Å²) < 4.78 is 5.13. The molecule has 0 aliphatic heterocycles. The van der Waals surface area contributed by atoms with E-state index in [1.165, 1.54) is 0 Å². The molecule has 0 N–H and O–H groups in total. The second-order valence-electron chi connectivity index (χ2n) is 4.18. The Morgan fingerprint density at radius 3 is 2.65 bits per heavy atom. The molecule has 0 aliphatic rings. The number of allylic oxidation sites excluding steroid dienone is 2. The minimum atomic E-state index is -0.595. The van der Waals surface area contributed by atoms with Crippen LogP contribution in [0.2, 0.25) is 0 Å². The minimum Gasteiger partial charge on any atom is -0.442 e. The highest BCUT2D eigenvalue weighted by molar-refractivity contribution is 5.67. The van der Waals surface area contributed by atoms with E-state index in [0.717, 1.165) is 5.06 Å². The van der Waals surface area contributed by atoms with E-state index in [1.54, 1.807) is 39.0 Å². The maximum atomic E-state index is 11.7. The lowest BCUT2D eigenvalue weighted by atomic mass is 10.2. The Balaban J connectivity index is 4.31. The summed E-state index contributed by atoms with van der Waals surface area (Å²) in [5.41, 5.74) is -0.579. The second-order valence-corrected chi connectivity index (χ2v) is 4.18. The number of hydrogen-bond acceptors (Lipinski definition) is 3. The van der Waals surface area contributed by atoms with Gasteiger partial charge in [-0.15, -0.1) is 6.42 Å². The molecule has 94 valence electrons. The highest BCUT2D eigenvalue weighted by Gasteiger charge is 2.21. The first-order chi connectivity index (χ1) is 7.90. The maximum Gasteiger partial charge on any atom is 0.435 e. The van der Waals surface area contributed by atoms with Crippen molar-refractivity contribution in [2.75, 3.05) is 13.2 Å². The Morgan fingerprint density at radius 1 is 1.53 bits per heavy atom. The molecule has 0 spiro atoms. The monoisotopic (exact) mass is 237 g/mol. The number of ether oxygens (including phenoxy) is 1. The Morgan fingerprint density at radius 2 is 2.18 bits per heavy atom. The highest BCUT2D eigenvalue weighted by Crippen LogP contribution is 2.10. The lowest BCUT2D eigenvalue weighted by Gasteiger charge is -2.25. The molecule has 0 atom stereocenters. The van der Waals surface area contributed by atoms with Crippen molar-refractivity contribution in [1.82, 2.24) is 5.06 Å². The zero-order valence-corrected chi connectivity index (χ0v) is 10.6. The number of rotatable bonds is 5. The standard InChI is InChI=1S/C13H19NO3/c1-6-8-9-11-16-14(10-7-2)12(15)17-13(3,4)5/h2,6,8-9H,1,10-11H2,3-5H3/b9-8+. The highest BCUT2D eigenvalue weighted by atomic mass is 16.7. The predicted octanol–water partition coefficient (Wildman–Crippen LogP) is 2.53. The number of carbonyl (C=O) groups excluding carboxylic acids is 1. The van der Waals surface area contributed by atoms with Crippen LogP contribution in [0.5, 0.6) is 0 Å². The summed E-state index contributed by atoms with van der Waals surface area (Å²) in [6.07, 6.45) is 9.59. The molecule has 0 radical (unpaired) electrons. The quantitative estimate of drug-likeness (QED) is 0.419. The molecule has 0 aromatic carbocycles. The molecular formula is C13H19NO3. The largest absolute Gasteiger partial charge is 0.442 e. The fraction of sp³-hybridized carbons (Fsp3) is 0.462. The van der Waals surface area contributed by atoms with Crippen LogP contribution < -0.4 is 0 Å². The van der Waals surface area contributed by atoms with Gasteiger partial charge in [-0.25, -0.2) is 4.79 Å². The molecule has 0 rings (SSSR count). The van der Waals surface area contributed by atoms with Crippen molar-refractivity contribution in [2.45, 2.75) is 26.4 Å². The predicted molar refractivity (Wildman–Crippen MR) is 67.1 cm³/mol. The van der Waals surface area contributed by atoms with Gasteiger partial charge < -0.3 is 4.74 Å². The van der Waals surface area contributed by atoms with Gasteiger partial charge in [0.1, 0.15) is 12.1 Å². The zero-order valence-electron chi connectivity index (χ0n) is 10.6. The van der Waals surface area contributed by atoms with Gasteiger partial charge in [-0.2, -0.15) is 5.06 Å². The van der Waals surface area contributed by atoms with Crippen LogP contribution in [0.3, 0.4) is 0 Å². The smallest absolute Gasteiger partial charge is 0.435 e. The summed E-state index contributed by atoms with van der Waals surface area (Å²) in [6, 6.07) is 0. The summed E-state index contributed by atoms with van der Waals surface area (Å²) in [5, 5.41) is 1.01. The number of carbonyl (C=O) groups is 1. The summed E-state index contributed by atoms with van der Waals surface area (Å²) in [5.74, 6) is 2.33. The summed E-state index contributed by atoms with van der Waals surface area (Å²) in [6.45, 7) is 9.11. The third-order valence-corrected chi connectivity index (χ3v) is 1.43. The van der Waals surface area contributed by atoms with Crippen molar-refractivity contribution in [3.8, 4) is 12.3 Å². The van der Waals surface area contributed by atoms with E-state index in [0.29, 0.717) is 0 Å². The number of amides is 1. The van der Waals surface area contributed by atoms with Gasteiger partial charge in [0, 0.05) is 0 Å². The van der Waals surface area contributed by atoms with Crippen LogP contribution in [-0.4, -0.2) is 29.9 Å². The van der Waals surface area contributed by atoms with Crippen LogP contribution in [0.15, 0.2) is 24.8 Å². The molecule has 0 aromatic heterocycles. The van der Waals surface area contributed by atoms with Crippen molar-refractivity contribution in [2.24, 2.45) is 0 Å². The van der Waals surface area contributed by atoms with Gasteiger partial charge in [0.15, 0.2) is 0 Å². The average molecular weight is 237 g/mol. The van der Waals surface area contributed by atoms with E-state index in [2.05, 4.69) is 12.5 Å². The summed E-state index contributed by atoms with van der Waals surface area (Å²) in [7, 11) is 0. The normalized spacial score (nSPS) is 10.9. The van der Waals surface area contributed by atoms with Gasteiger partial charge in [-0.1, -0.05) is 30.7 Å². The van der Waals surface area contributed by atoms with Gasteiger partial charge in [0.25, 0.3) is 0 Å². The van der Waals surface area contributed by atoms with Crippen LogP contribution in [0.1, 0.15) is 20.8 Å². The molecule has 1 amide bonds. The van der Waals surface area contributed by atoms with Crippen molar-refractivity contribution in [3.63, 3.8) is 0 Å².